The zero-order valence-electron chi connectivity index (χ0n) is 18.8. The van der Waals surface area contributed by atoms with Gasteiger partial charge in [-0.2, -0.15) is 0 Å². The van der Waals surface area contributed by atoms with Gasteiger partial charge in [-0.25, -0.2) is 4.79 Å². The summed E-state index contributed by atoms with van der Waals surface area (Å²) in [6, 6.07) is 11.6. The Balaban J connectivity index is 1.55. The average molecular weight is 465 g/mol. The van der Waals surface area contributed by atoms with E-state index in [2.05, 4.69) is 45.7 Å². The summed E-state index contributed by atoms with van der Waals surface area (Å²) in [6.45, 7) is 4.27. The lowest BCUT2D eigenvalue weighted by atomic mass is 10.0. The van der Waals surface area contributed by atoms with Gasteiger partial charge in [0, 0.05) is 24.0 Å². The Bertz CT molecular complexity index is 1110. The minimum absolute atomic E-state index is 0.0487. The lowest BCUT2D eigenvalue weighted by Crippen LogP contribution is -2.44. The molecule has 0 bridgehead atoms. The van der Waals surface area contributed by atoms with E-state index in [0.29, 0.717) is 11.0 Å². The summed E-state index contributed by atoms with van der Waals surface area (Å²) in [7, 11) is 0. The number of urea groups is 1. The van der Waals surface area contributed by atoms with Crippen molar-refractivity contribution in [1.82, 2.24) is 30.4 Å². The number of aromatic nitrogens is 4. The summed E-state index contributed by atoms with van der Waals surface area (Å²) in [5, 5.41) is 14.7. The number of imide groups is 1. The zero-order chi connectivity index (χ0) is 23.2. The Kier molecular flexibility index (Phi) is 7.39. The van der Waals surface area contributed by atoms with Crippen molar-refractivity contribution in [1.29, 1.82) is 0 Å². The summed E-state index contributed by atoms with van der Waals surface area (Å²) in [4.78, 5) is 28.8. The quantitative estimate of drug-likeness (QED) is 0.505. The van der Waals surface area contributed by atoms with E-state index in [0.717, 1.165) is 42.5 Å². The number of amides is 3. The largest absolute Gasteiger partial charge is 0.335 e. The highest BCUT2D eigenvalue weighted by Crippen LogP contribution is 2.31. The van der Waals surface area contributed by atoms with Gasteiger partial charge in [-0.15, -0.1) is 10.2 Å². The van der Waals surface area contributed by atoms with Gasteiger partial charge in [0.25, 0.3) is 0 Å². The predicted octanol–water partition coefficient (Wildman–Crippen LogP) is 4.31. The minimum Gasteiger partial charge on any atom is -0.335 e. The molecule has 2 aromatic heterocycles. The average Bonchev–Trinajstić information content (AvgIpc) is 3.48. The first-order valence-electron chi connectivity index (χ1n) is 11.2. The van der Waals surface area contributed by atoms with Gasteiger partial charge in [0.15, 0.2) is 11.0 Å². The number of thioether (sulfide) groups is 1. The number of hydrogen-bond donors (Lipinski definition) is 2. The number of hydrogen-bond acceptors (Lipinski definition) is 6. The van der Waals surface area contributed by atoms with Crippen molar-refractivity contribution in [2.24, 2.45) is 0 Å². The van der Waals surface area contributed by atoms with E-state index in [1.165, 1.54) is 11.8 Å². The number of carbonyl (C=O) groups excluding carboxylic acids is 2. The molecule has 1 fully saturated rings. The standard InChI is InChI=1S/C24H28N6O2S/c1-16(2)19-11-5-6-12-20(19)30-22(17-8-7-13-25-14-17)28-29-24(30)33-15-21(31)27-23(32)26-18-9-3-4-10-18/h5-8,11-14,16,18H,3-4,9-10,15H2,1-2H3,(H2,26,27,31,32). The molecule has 3 aromatic rings. The van der Waals surface area contributed by atoms with E-state index in [-0.39, 0.29) is 23.6 Å². The van der Waals surface area contributed by atoms with E-state index in [1.54, 1.807) is 12.4 Å². The molecule has 0 atom stereocenters. The maximum absolute atomic E-state index is 12.4. The molecule has 3 amide bonds. The van der Waals surface area contributed by atoms with Crippen molar-refractivity contribution in [3.05, 3.63) is 54.4 Å². The van der Waals surface area contributed by atoms with Gasteiger partial charge in [-0.3, -0.25) is 19.7 Å². The number of pyridine rings is 1. The van der Waals surface area contributed by atoms with Gasteiger partial charge in [0.05, 0.1) is 11.4 Å². The molecule has 0 saturated heterocycles. The summed E-state index contributed by atoms with van der Waals surface area (Å²) in [5.41, 5.74) is 2.93. The molecule has 2 N–H and O–H groups in total. The molecule has 0 radical (unpaired) electrons. The van der Waals surface area contributed by atoms with Crippen LogP contribution in [0.4, 0.5) is 4.79 Å². The molecular formula is C24H28N6O2S. The second-order valence-electron chi connectivity index (χ2n) is 8.39. The van der Waals surface area contributed by atoms with Crippen LogP contribution in [-0.2, 0) is 4.79 Å². The van der Waals surface area contributed by atoms with Gasteiger partial charge in [-0.1, -0.05) is 56.7 Å². The van der Waals surface area contributed by atoms with Gasteiger partial charge in [0.2, 0.25) is 5.91 Å². The zero-order valence-corrected chi connectivity index (χ0v) is 19.6. The molecule has 4 rings (SSSR count). The molecule has 1 aliphatic rings. The third kappa shape index (κ3) is 5.60. The normalized spacial score (nSPS) is 13.9. The Morgan fingerprint density at radius 1 is 1.12 bits per heavy atom. The number of carbonyl (C=O) groups is 2. The van der Waals surface area contributed by atoms with Crippen LogP contribution in [0.5, 0.6) is 0 Å². The van der Waals surface area contributed by atoms with Gasteiger partial charge in [0.1, 0.15) is 0 Å². The third-order valence-electron chi connectivity index (χ3n) is 5.63. The van der Waals surface area contributed by atoms with Crippen molar-refractivity contribution in [2.75, 3.05) is 5.75 Å². The second-order valence-corrected chi connectivity index (χ2v) is 9.33. The number of nitrogens with zero attached hydrogens (tertiary/aromatic N) is 4. The summed E-state index contributed by atoms with van der Waals surface area (Å²) < 4.78 is 1.96. The third-order valence-corrected chi connectivity index (χ3v) is 6.56. The fourth-order valence-corrected chi connectivity index (χ4v) is 4.77. The smallest absolute Gasteiger partial charge is 0.321 e. The summed E-state index contributed by atoms with van der Waals surface area (Å²) >= 11 is 1.25. The monoisotopic (exact) mass is 464 g/mol. The number of para-hydroxylation sites is 1. The lowest BCUT2D eigenvalue weighted by molar-refractivity contribution is -0.117. The number of rotatable bonds is 7. The highest BCUT2D eigenvalue weighted by atomic mass is 32.2. The Hall–Kier alpha value is -3.20. The minimum atomic E-state index is -0.435. The van der Waals surface area contributed by atoms with Gasteiger partial charge >= 0.3 is 6.03 Å². The number of nitrogens with one attached hydrogen (secondary N) is 2. The topological polar surface area (TPSA) is 102 Å². The molecule has 0 unspecified atom stereocenters. The molecule has 9 heteroatoms. The molecular weight excluding hydrogens is 436 g/mol. The van der Waals surface area contributed by atoms with Crippen LogP contribution in [-0.4, -0.2) is 43.5 Å². The van der Waals surface area contributed by atoms with E-state index in [1.807, 2.05) is 34.9 Å². The van der Waals surface area contributed by atoms with E-state index < -0.39 is 6.03 Å². The first-order chi connectivity index (χ1) is 16.0. The van der Waals surface area contributed by atoms with Crippen molar-refractivity contribution in [3.63, 3.8) is 0 Å². The lowest BCUT2D eigenvalue weighted by Gasteiger charge is -2.17. The van der Waals surface area contributed by atoms with Crippen molar-refractivity contribution in [2.45, 2.75) is 56.6 Å². The maximum atomic E-state index is 12.4. The van der Waals surface area contributed by atoms with Crippen LogP contribution in [0.25, 0.3) is 17.1 Å². The highest BCUT2D eigenvalue weighted by Gasteiger charge is 2.22. The molecule has 172 valence electrons. The molecule has 1 aliphatic carbocycles. The fourth-order valence-electron chi connectivity index (χ4n) is 4.03. The van der Waals surface area contributed by atoms with Crippen LogP contribution < -0.4 is 10.6 Å². The van der Waals surface area contributed by atoms with Crippen molar-refractivity contribution < 1.29 is 9.59 Å². The molecule has 0 spiro atoms. The van der Waals surface area contributed by atoms with Gasteiger partial charge < -0.3 is 5.32 Å². The highest BCUT2D eigenvalue weighted by molar-refractivity contribution is 7.99. The van der Waals surface area contributed by atoms with Crippen molar-refractivity contribution in [3.8, 4) is 17.1 Å². The van der Waals surface area contributed by atoms with E-state index >= 15 is 0 Å². The van der Waals surface area contributed by atoms with Crippen LogP contribution in [0.15, 0.2) is 53.9 Å². The molecule has 33 heavy (non-hydrogen) atoms. The summed E-state index contributed by atoms with van der Waals surface area (Å²) in [6.07, 6.45) is 7.61. The fraction of sp³-hybridized carbons (Fsp3) is 0.375. The van der Waals surface area contributed by atoms with Crippen LogP contribution in [0, 0.1) is 0 Å². The Labute approximate surface area is 197 Å². The molecule has 1 saturated carbocycles. The van der Waals surface area contributed by atoms with Crippen LogP contribution in [0.2, 0.25) is 0 Å². The van der Waals surface area contributed by atoms with Crippen molar-refractivity contribution >= 4 is 23.7 Å². The summed E-state index contributed by atoms with van der Waals surface area (Å²) in [5.74, 6) is 0.613. The van der Waals surface area contributed by atoms with E-state index in [4.69, 9.17) is 0 Å². The molecule has 8 nitrogen and oxygen atoms in total. The predicted molar refractivity (Wildman–Crippen MR) is 128 cm³/mol. The Morgan fingerprint density at radius 3 is 2.64 bits per heavy atom. The first-order valence-corrected chi connectivity index (χ1v) is 12.2. The van der Waals surface area contributed by atoms with Crippen LogP contribution in [0.3, 0.4) is 0 Å². The van der Waals surface area contributed by atoms with Gasteiger partial charge in [-0.05, 0) is 42.5 Å². The van der Waals surface area contributed by atoms with Crippen LogP contribution in [0.1, 0.15) is 51.0 Å². The molecule has 2 heterocycles. The first kappa shape index (κ1) is 23.0. The Morgan fingerprint density at radius 2 is 1.91 bits per heavy atom. The number of benzene rings is 1. The SMILES string of the molecule is CC(C)c1ccccc1-n1c(SCC(=O)NC(=O)NC2CCCC2)nnc1-c1cccnc1. The second kappa shape index (κ2) is 10.6. The van der Waals surface area contributed by atoms with E-state index in [9.17, 15) is 9.59 Å². The van der Waals surface area contributed by atoms with Crippen LogP contribution >= 0.6 is 11.8 Å². The molecule has 1 aromatic carbocycles. The maximum Gasteiger partial charge on any atom is 0.321 e. The molecule has 0 aliphatic heterocycles.